The van der Waals surface area contributed by atoms with Gasteiger partial charge < -0.3 is 102 Å². The highest BCUT2D eigenvalue weighted by Gasteiger charge is 2.57. The number of nitrogens with zero attached hydrogens (tertiary/aromatic N) is 9. The third-order valence-electron chi connectivity index (χ3n) is 18.9. The number of azide groups is 3. The van der Waals surface area contributed by atoms with Crippen molar-refractivity contribution in [3.8, 4) is 12.3 Å². The van der Waals surface area contributed by atoms with Crippen LogP contribution < -0.4 is 0 Å². The highest BCUT2D eigenvalue weighted by Crippen LogP contribution is 2.42. The molecule has 0 aromatic heterocycles. The zero-order valence-electron chi connectivity index (χ0n) is 54.8. The lowest BCUT2D eigenvalue weighted by atomic mass is 9.87. The first-order valence-electron chi connectivity index (χ1n) is 32.7. The van der Waals surface area contributed by atoms with E-state index in [1.165, 1.54) is 0 Å². The molecule has 0 saturated carbocycles. The Bertz CT molecular complexity index is 3050. The monoisotopic (exact) mass is 1350 g/mol. The van der Waals surface area contributed by atoms with Crippen molar-refractivity contribution in [3.05, 3.63) is 139 Å². The molecule has 6 heterocycles. The maximum Gasteiger partial charge on any atom is 0.186 e. The first kappa shape index (κ1) is 74.5. The first-order valence-corrected chi connectivity index (χ1v) is 32.7. The summed E-state index contributed by atoms with van der Waals surface area (Å²) in [5, 5.41) is 81.6. The maximum absolute atomic E-state index is 12.5. The van der Waals surface area contributed by atoms with Gasteiger partial charge in [-0.25, -0.2) is 0 Å². The smallest absolute Gasteiger partial charge is 0.186 e. The number of hydrogen-bond donors (Lipinski definition) is 6. The Morgan fingerprint density at radius 3 is 1.08 bits per heavy atom. The highest BCUT2D eigenvalue weighted by atomic mass is 16.8. The molecule has 6 aliphatic heterocycles. The van der Waals surface area contributed by atoms with Crippen LogP contribution in [-0.4, -0.2) is 217 Å². The maximum atomic E-state index is 12.5. The standard InChI is InChI=1S/C66H91N9O21/c1-9-10-20-27-82-61-47(70-73-67)35(3)53(44(28-76)89-61)93-65-51(80)59(84-32-42-23-16-12-17-24-42)57(39(7)87-65)96-63-49(72-75-69)37(5)55(46(30-78)91-63)94-66-52(81)60(85-33-43-25-18-13-19-26-43)58(40(8)88-66)95-62-48(71-74-68)36(4)54(45(29-77)90-62)92-64-50(79)56(34(2)38(6)86-64)83-31-41-21-14-11-15-22-41/h1,11-19,21-26,34-40,44-66,76-81H,10,20,27-33H2,2-8H3/t34-,35-,36-,37-,38?,39?,40?,44?,45?,46?,47?,48?,49?,50?,51?,52?,53+,54+,55+,56-,57-,58-,59+,60+,61-,62+,63+,64+,65+,66+/m1/s1. The molecule has 12 unspecified atom stereocenters. The van der Waals surface area contributed by atoms with Crippen molar-refractivity contribution in [2.45, 2.75) is 241 Å². The van der Waals surface area contributed by atoms with Gasteiger partial charge >= 0.3 is 0 Å². The second kappa shape index (κ2) is 35.9. The number of ether oxygens (including phenoxy) is 15. The van der Waals surface area contributed by atoms with E-state index in [2.05, 4.69) is 36.0 Å². The second-order valence-electron chi connectivity index (χ2n) is 25.3. The quantitative estimate of drug-likeness (QED) is 0.0149. The molecule has 0 bridgehead atoms. The summed E-state index contributed by atoms with van der Waals surface area (Å²) in [7, 11) is 0. The van der Waals surface area contributed by atoms with Crippen molar-refractivity contribution in [2.24, 2.45) is 39.0 Å². The number of aliphatic hydroxyl groups is 6. The fourth-order valence-corrected chi connectivity index (χ4v) is 13.3. The molecule has 0 radical (unpaired) electrons. The van der Waals surface area contributed by atoms with Crippen molar-refractivity contribution in [1.29, 1.82) is 0 Å². The van der Waals surface area contributed by atoms with Crippen LogP contribution in [0.4, 0.5) is 0 Å². The van der Waals surface area contributed by atoms with Gasteiger partial charge in [0.25, 0.3) is 0 Å². The summed E-state index contributed by atoms with van der Waals surface area (Å²) in [4.78, 5) is 9.31. The normalized spacial score (nSPS) is 40.2. The molecule has 0 spiro atoms. The van der Waals surface area contributed by atoms with E-state index in [1.54, 1.807) is 34.6 Å². The molecule has 6 fully saturated rings. The van der Waals surface area contributed by atoms with Crippen molar-refractivity contribution in [2.75, 3.05) is 26.4 Å². The Labute approximate surface area is 557 Å². The number of terminal acetylenes is 1. The Morgan fingerprint density at radius 1 is 0.406 bits per heavy atom. The summed E-state index contributed by atoms with van der Waals surface area (Å²) in [5.41, 5.74) is 32.1. The van der Waals surface area contributed by atoms with Crippen LogP contribution in [0.15, 0.2) is 106 Å². The van der Waals surface area contributed by atoms with Gasteiger partial charge in [-0.15, -0.1) is 12.3 Å². The van der Waals surface area contributed by atoms with E-state index in [1.807, 2.05) is 105 Å². The fraction of sp³-hybridized carbons (Fsp3) is 0.697. The number of unbranched alkanes of at least 4 members (excludes halogenated alkanes) is 1. The molecule has 30 nitrogen and oxygen atoms in total. The van der Waals surface area contributed by atoms with E-state index in [4.69, 9.17) is 77.5 Å². The molecule has 30 atom stereocenters. The molecule has 0 amide bonds. The van der Waals surface area contributed by atoms with Crippen LogP contribution >= 0.6 is 0 Å². The van der Waals surface area contributed by atoms with Gasteiger partial charge in [-0.3, -0.25) is 0 Å². The highest BCUT2D eigenvalue weighted by molar-refractivity contribution is 5.16. The molecule has 6 N–H and O–H groups in total. The summed E-state index contributed by atoms with van der Waals surface area (Å²) in [6.45, 7) is 10.7. The SMILES string of the molecule is C#CCCCO[C@@H]1OC(CO)[C@@H](O[C@@H]2OC(C)[C@@H](O[C@@H]3OC(CO)[C@@H](O[C@@H]4OC(C)[C@@H](O[C@@H]5OC(CO)[C@@H](O[C@@H]6OC(C)[C@@H](C)[C@@H](OCc7ccccc7)C6O)[C@H](C)C5N=[N+]=[N-])[C@@H](OCc5ccccc5)C4O)[C@H](C)C3N=[N+]=[N-])[C@@H](OCc3ccccc3)C2O)[C@H](C)C1N=[N+]=[N-]. The Morgan fingerprint density at radius 2 is 0.729 bits per heavy atom. The summed E-state index contributed by atoms with van der Waals surface area (Å²) < 4.78 is 96.5. The predicted molar refractivity (Wildman–Crippen MR) is 337 cm³/mol. The lowest BCUT2D eigenvalue weighted by Gasteiger charge is -2.51. The van der Waals surface area contributed by atoms with Crippen molar-refractivity contribution in [3.63, 3.8) is 0 Å². The van der Waals surface area contributed by atoms with Crippen molar-refractivity contribution < 1.29 is 102 Å². The number of aliphatic hydroxyl groups excluding tert-OH is 6. The Balaban J connectivity index is 0.913. The zero-order chi connectivity index (χ0) is 68.6. The van der Waals surface area contributed by atoms with Gasteiger partial charge in [-0.2, -0.15) is 0 Å². The van der Waals surface area contributed by atoms with Gasteiger partial charge in [0.05, 0.1) is 107 Å². The summed E-state index contributed by atoms with van der Waals surface area (Å²) in [6, 6.07) is 24.5. The minimum Gasteiger partial charge on any atom is -0.394 e. The molecule has 3 aromatic carbocycles. The van der Waals surface area contributed by atoms with Gasteiger partial charge in [0, 0.05) is 27.1 Å². The Hall–Kier alpha value is -5.69. The van der Waals surface area contributed by atoms with Crippen LogP contribution in [0.3, 0.4) is 0 Å². The molecule has 30 heteroatoms. The number of rotatable bonds is 29. The van der Waals surface area contributed by atoms with Crippen LogP contribution in [0, 0.1) is 36.0 Å². The van der Waals surface area contributed by atoms with E-state index in [9.17, 15) is 47.2 Å². The van der Waals surface area contributed by atoms with E-state index in [0.29, 0.717) is 12.8 Å². The van der Waals surface area contributed by atoms with E-state index in [-0.39, 0.29) is 32.3 Å². The predicted octanol–water partition coefficient (Wildman–Crippen LogP) is 6.15. The van der Waals surface area contributed by atoms with E-state index in [0.717, 1.165) is 16.7 Å². The molecule has 0 aliphatic carbocycles. The summed E-state index contributed by atoms with van der Waals surface area (Å²) in [5.74, 6) is 0.00507. The lowest BCUT2D eigenvalue weighted by Crippen LogP contribution is -2.66. The second-order valence-corrected chi connectivity index (χ2v) is 25.3. The molecule has 6 saturated heterocycles. The average Bonchev–Trinajstić information content (AvgIpc) is 0.796. The number of hydrogen-bond acceptors (Lipinski definition) is 24. The fourth-order valence-electron chi connectivity index (χ4n) is 13.3. The first-order chi connectivity index (χ1) is 46.5. The molecule has 3 aromatic rings. The lowest BCUT2D eigenvalue weighted by molar-refractivity contribution is -0.378. The van der Waals surface area contributed by atoms with Crippen molar-refractivity contribution in [1.82, 2.24) is 0 Å². The molecular weight excluding hydrogens is 1250 g/mol. The minimum absolute atomic E-state index is 0.0310. The van der Waals surface area contributed by atoms with Gasteiger partial charge in [0.2, 0.25) is 0 Å². The Kier molecular flexibility index (Phi) is 27.9. The van der Waals surface area contributed by atoms with E-state index >= 15 is 0 Å². The summed E-state index contributed by atoms with van der Waals surface area (Å²) >= 11 is 0. The topological polar surface area (TPSA) is 406 Å². The van der Waals surface area contributed by atoms with E-state index < -0.39 is 197 Å². The van der Waals surface area contributed by atoms with Gasteiger partial charge in [-0.05, 0) is 78.2 Å². The molecule has 6 aliphatic rings. The minimum atomic E-state index is -1.68. The van der Waals surface area contributed by atoms with Crippen molar-refractivity contribution >= 4 is 0 Å². The molecular formula is C66H91N9O21. The zero-order valence-corrected chi connectivity index (χ0v) is 54.8. The van der Waals surface area contributed by atoms with Gasteiger partial charge in [0.15, 0.2) is 37.7 Å². The third-order valence-corrected chi connectivity index (χ3v) is 18.9. The number of benzene rings is 3. The van der Waals surface area contributed by atoms with Gasteiger partial charge in [-0.1, -0.05) is 134 Å². The third kappa shape index (κ3) is 17.8. The molecule has 96 heavy (non-hydrogen) atoms. The summed E-state index contributed by atoms with van der Waals surface area (Å²) in [6.07, 6.45) is -21.1. The van der Waals surface area contributed by atoms with Crippen LogP contribution in [0.25, 0.3) is 31.3 Å². The van der Waals surface area contributed by atoms with Crippen LogP contribution in [-0.2, 0) is 90.9 Å². The van der Waals surface area contributed by atoms with Gasteiger partial charge in [0.1, 0.15) is 61.0 Å². The average molecular weight is 1350 g/mol. The largest absolute Gasteiger partial charge is 0.394 e. The van der Waals surface area contributed by atoms with Crippen LogP contribution in [0.1, 0.15) is 78.0 Å². The van der Waals surface area contributed by atoms with Crippen LogP contribution in [0.5, 0.6) is 0 Å². The molecule has 526 valence electrons. The molecule has 9 rings (SSSR count). The van der Waals surface area contributed by atoms with Crippen LogP contribution in [0.2, 0.25) is 0 Å².